The first-order valence-corrected chi connectivity index (χ1v) is 7.49. The van der Waals surface area contributed by atoms with Crippen LogP contribution in [0.2, 0.25) is 0 Å². The maximum atomic E-state index is 12.7. The first-order chi connectivity index (χ1) is 10.7. The summed E-state index contributed by atoms with van der Waals surface area (Å²) >= 11 is 0.962. The molecule has 0 aliphatic carbocycles. The van der Waals surface area contributed by atoms with Gasteiger partial charge >= 0.3 is 5.97 Å². The zero-order valence-electron chi connectivity index (χ0n) is 11.9. The zero-order valence-corrected chi connectivity index (χ0v) is 12.7. The normalized spacial score (nSPS) is 10.5. The van der Waals surface area contributed by atoms with Crippen LogP contribution in [0.15, 0.2) is 35.4 Å². The molecule has 0 aliphatic rings. The van der Waals surface area contributed by atoms with E-state index in [2.05, 4.69) is 5.10 Å². The predicted molar refractivity (Wildman–Crippen MR) is 78.0 cm³/mol. The largest absolute Gasteiger partial charge is 0.472 e. The van der Waals surface area contributed by atoms with Gasteiger partial charge in [-0.05, 0) is 19.1 Å². The van der Waals surface area contributed by atoms with Crippen LogP contribution in [0.3, 0.4) is 0 Å². The van der Waals surface area contributed by atoms with Crippen LogP contribution >= 0.6 is 11.8 Å². The summed E-state index contributed by atoms with van der Waals surface area (Å²) in [6.07, 6.45) is 1.31. The third kappa shape index (κ3) is 3.91. The molecule has 0 bridgehead atoms. The second-order valence-corrected chi connectivity index (χ2v) is 5.07. The van der Waals surface area contributed by atoms with Crippen molar-refractivity contribution in [2.24, 2.45) is 0 Å². The number of carbonyl (C=O) groups is 1. The van der Waals surface area contributed by atoms with E-state index in [0.29, 0.717) is 20.9 Å². The number of benzene rings is 1. The van der Waals surface area contributed by atoms with Gasteiger partial charge in [-0.15, -0.1) is 4.85 Å². The molecule has 0 radical (unpaired) electrons. The molecule has 0 amide bonds. The van der Waals surface area contributed by atoms with E-state index in [1.807, 2.05) is 0 Å². The Morgan fingerprint density at radius 2 is 2.27 bits per heavy atom. The Balaban J connectivity index is 2.26. The second kappa shape index (κ2) is 7.69. The number of esters is 1. The number of thioether (sulfide) groups is 1. The lowest BCUT2D eigenvalue weighted by Crippen LogP contribution is -2.11. The van der Waals surface area contributed by atoms with Crippen LogP contribution in [0.25, 0.3) is 0 Å². The van der Waals surface area contributed by atoms with E-state index < -0.39 is 12.0 Å². The van der Waals surface area contributed by atoms with Gasteiger partial charge in [0.1, 0.15) is 12.6 Å². The average molecular weight is 326 g/mol. The highest BCUT2D eigenvalue weighted by Gasteiger charge is 2.17. The first-order valence-electron chi connectivity index (χ1n) is 6.51. The summed E-state index contributed by atoms with van der Waals surface area (Å²) in [5, 5.41) is 12.8. The van der Waals surface area contributed by atoms with Gasteiger partial charge < -0.3 is 14.7 Å². The van der Waals surface area contributed by atoms with Crippen molar-refractivity contribution < 1.29 is 23.9 Å². The summed E-state index contributed by atoms with van der Waals surface area (Å²) in [5.41, 5.74) is 0.847. The van der Waals surface area contributed by atoms with Crippen molar-refractivity contribution in [3.05, 3.63) is 41.6 Å². The molecule has 1 heterocycles. The molecule has 2 rings (SSSR count). The number of halogens is 1. The van der Waals surface area contributed by atoms with E-state index in [1.54, 1.807) is 25.1 Å². The van der Waals surface area contributed by atoms with Crippen molar-refractivity contribution in [1.82, 2.24) is 9.94 Å². The van der Waals surface area contributed by atoms with Crippen molar-refractivity contribution in [3.8, 4) is 5.88 Å². The Bertz CT molecular complexity index is 648. The molecule has 8 heteroatoms. The van der Waals surface area contributed by atoms with E-state index in [4.69, 9.17) is 14.7 Å². The van der Waals surface area contributed by atoms with Crippen molar-refractivity contribution in [2.45, 2.75) is 18.4 Å². The number of alkyl halides is 1. The summed E-state index contributed by atoms with van der Waals surface area (Å²) in [6.45, 7) is 1.96. The number of hydrogen-bond donors (Lipinski definition) is 1. The topological polar surface area (TPSA) is 73.6 Å². The van der Waals surface area contributed by atoms with Crippen LogP contribution in [0, 0.1) is 0 Å². The highest BCUT2D eigenvalue weighted by molar-refractivity contribution is 7.99. The highest BCUT2D eigenvalue weighted by Crippen LogP contribution is 2.27. The fourth-order valence-corrected chi connectivity index (χ4v) is 2.47. The maximum absolute atomic E-state index is 12.7. The van der Waals surface area contributed by atoms with E-state index in [9.17, 15) is 9.18 Å². The Morgan fingerprint density at radius 1 is 1.45 bits per heavy atom. The fraction of sp³-hybridized carbons (Fsp3) is 0.286. The molecular weight excluding hydrogens is 311 g/mol. The van der Waals surface area contributed by atoms with E-state index >= 15 is 0 Å². The summed E-state index contributed by atoms with van der Waals surface area (Å²) in [5.74, 6) is -0.299. The number of ether oxygens (including phenoxy) is 2. The van der Waals surface area contributed by atoms with Crippen LogP contribution in [0.1, 0.15) is 22.8 Å². The van der Waals surface area contributed by atoms with Crippen molar-refractivity contribution in [2.75, 3.05) is 12.6 Å². The smallest absolute Gasteiger partial charge is 0.338 e. The predicted octanol–water partition coefficient (Wildman–Crippen LogP) is 2.90. The molecule has 2 aromatic rings. The molecule has 6 nitrogen and oxygen atoms in total. The van der Waals surface area contributed by atoms with Gasteiger partial charge in [0.05, 0.1) is 18.4 Å². The fourth-order valence-electron chi connectivity index (χ4n) is 1.83. The molecule has 0 saturated heterocycles. The minimum Gasteiger partial charge on any atom is -0.472 e. The van der Waals surface area contributed by atoms with Crippen LogP contribution in [-0.2, 0) is 11.3 Å². The quantitative estimate of drug-likeness (QED) is 0.479. The SMILES string of the molecule is CCOC(=O)c1cccc(SCF)c1COc1ccn(O)n1. The van der Waals surface area contributed by atoms with Gasteiger partial charge in [0.2, 0.25) is 5.88 Å². The maximum Gasteiger partial charge on any atom is 0.338 e. The third-order valence-electron chi connectivity index (χ3n) is 2.75. The lowest BCUT2D eigenvalue weighted by molar-refractivity contribution is 0.0522. The van der Waals surface area contributed by atoms with Crippen molar-refractivity contribution in [3.63, 3.8) is 0 Å². The molecule has 1 aromatic heterocycles. The van der Waals surface area contributed by atoms with Crippen LogP contribution in [-0.4, -0.2) is 33.7 Å². The molecule has 0 saturated carbocycles. The van der Waals surface area contributed by atoms with Crippen molar-refractivity contribution in [1.29, 1.82) is 0 Å². The molecule has 118 valence electrons. The van der Waals surface area contributed by atoms with Gasteiger partial charge in [-0.1, -0.05) is 22.9 Å². The third-order valence-corrected chi connectivity index (χ3v) is 3.56. The molecule has 1 N–H and O–H groups in total. The number of aromatic nitrogens is 2. The lowest BCUT2D eigenvalue weighted by Gasteiger charge is -2.13. The molecule has 0 spiro atoms. The van der Waals surface area contributed by atoms with Gasteiger partial charge in [-0.3, -0.25) is 0 Å². The van der Waals surface area contributed by atoms with E-state index in [1.165, 1.54) is 12.3 Å². The van der Waals surface area contributed by atoms with Gasteiger partial charge in [-0.2, -0.15) is 0 Å². The molecule has 0 aliphatic heterocycles. The van der Waals surface area contributed by atoms with Gasteiger partial charge in [0, 0.05) is 16.5 Å². The zero-order chi connectivity index (χ0) is 15.9. The minimum absolute atomic E-state index is 0.00827. The molecule has 0 atom stereocenters. The Morgan fingerprint density at radius 3 is 2.91 bits per heavy atom. The van der Waals surface area contributed by atoms with Gasteiger partial charge in [-0.25, -0.2) is 9.18 Å². The van der Waals surface area contributed by atoms with Crippen LogP contribution < -0.4 is 4.74 Å². The Hall–Kier alpha value is -2.22. The second-order valence-electron chi connectivity index (χ2n) is 4.12. The summed E-state index contributed by atoms with van der Waals surface area (Å²) < 4.78 is 23.1. The average Bonchev–Trinajstić information content (AvgIpc) is 2.92. The van der Waals surface area contributed by atoms with Crippen molar-refractivity contribution >= 4 is 17.7 Å². The molecule has 0 unspecified atom stereocenters. The number of nitrogens with zero attached hydrogens (tertiary/aromatic N) is 2. The Kier molecular flexibility index (Phi) is 5.65. The molecule has 1 aromatic carbocycles. The molecular formula is C14H15FN2O4S. The molecule has 0 fully saturated rings. The van der Waals surface area contributed by atoms with Crippen LogP contribution in [0.5, 0.6) is 5.88 Å². The minimum atomic E-state index is -0.620. The monoisotopic (exact) mass is 326 g/mol. The van der Waals surface area contributed by atoms with Gasteiger partial charge in [0.15, 0.2) is 0 Å². The standard InChI is InChI=1S/C14H15FN2O4S/c1-2-20-14(18)10-4-3-5-12(22-9-15)11(10)8-21-13-6-7-17(19)16-13/h3-7,19H,2,8-9H2,1H3. The summed E-state index contributed by atoms with van der Waals surface area (Å²) in [6, 6.07) is 5.82. The Labute approximate surface area is 130 Å². The van der Waals surface area contributed by atoms with E-state index in [-0.39, 0.29) is 19.1 Å². The highest BCUT2D eigenvalue weighted by atomic mass is 32.2. The summed E-state index contributed by atoms with van der Waals surface area (Å²) in [4.78, 5) is 13.2. The molecule has 22 heavy (non-hydrogen) atoms. The number of hydrogen-bond acceptors (Lipinski definition) is 6. The lowest BCUT2D eigenvalue weighted by atomic mass is 10.1. The van der Waals surface area contributed by atoms with E-state index in [0.717, 1.165) is 11.8 Å². The number of carbonyl (C=O) groups excluding carboxylic acids is 1. The summed E-state index contributed by atoms with van der Waals surface area (Å²) in [7, 11) is 0. The number of rotatable bonds is 7. The first kappa shape index (κ1) is 16.2. The van der Waals surface area contributed by atoms with Gasteiger partial charge in [0.25, 0.3) is 0 Å². The van der Waals surface area contributed by atoms with Crippen LogP contribution in [0.4, 0.5) is 4.39 Å².